The minimum atomic E-state index is -0.739. The second-order valence-electron chi connectivity index (χ2n) is 6.27. The number of benzene rings is 2. The normalized spacial score (nSPS) is 14.1. The smallest absolute Gasteiger partial charge is 0.338 e. The van der Waals surface area contributed by atoms with Crippen LogP contribution < -0.4 is 4.90 Å². The van der Waals surface area contributed by atoms with E-state index in [0.717, 1.165) is 4.90 Å². The molecule has 2 amide bonds. The van der Waals surface area contributed by atoms with Crippen LogP contribution in [0.3, 0.4) is 0 Å². The van der Waals surface area contributed by atoms with Crippen molar-refractivity contribution in [3.63, 3.8) is 0 Å². The summed E-state index contributed by atoms with van der Waals surface area (Å²) in [4.78, 5) is 42.8. The first-order chi connectivity index (χ1) is 13.5. The summed E-state index contributed by atoms with van der Waals surface area (Å²) in [5, 5.41) is 3.66. The number of nitrogens with zero attached hydrogens (tertiary/aromatic N) is 3. The molecular weight excluding hydrogens is 362 g/mol. The standard InChI is InChI=1S/C20H15N3O5/c1-11(17-21-12(2)22-28-17)27-20(26)13-6-5-7-14(10-13)23-18(24)15-8-3-4-9-16(15)19(23)25/h3-11H,1-2H3/t11-/m1/s1. The topological polar surface area (TPSA) is 103 Å². The van der Waals surface area contributed by atoms with E-state index in [1.165, 1.54) is 12.1 Å². The van der Waals surface area contributed by atoms with Crippen molar-refractivity contribution in [1.82, 2.24) is 10.1 Å². The maximum atomic E-state index is 12.6. The molecule has 0 radical (unpaired) electrons. The zero-order valence-electron chi connectivity index (χ0n) is 15.1. The van der Waals surface area contributed by atoms with Crippen LogP contribution in [0.15, 0.2) is 53.1 Å². The summed E-state index contributed by atoms with van der Waals surface area (Å²) < 4.78 is 10.3. The highest BCUT2D eigenvalue weighted by atomic mass is 16.6. The van der Waals surface area contributed by atoms with E-state index >= 15 is 0 Å². The third kappa shape index (κ3) is 2.94. The van der Waals surface area contributed by atoms with E-state index in [1.807, 2.05) is 0 Å². The van der Waals surface area contributed by atoms with Crippen LogP contribution in [0.25, 0.3) is 0 Å². The van der Waals surface area contributed by atoms with Gasteiger partial charge in [-0.2, -0.15) is 4.98 Å². The van der Waals surface area contributed by atoms with Gasteiger partial charge < -0.3 is 9.26 Å². The second-order valence-corrected chi connectivity index (χ2v) is 6.27. The summed E-state index contributed by atoms with van der Waals surface area (Å²) >= 11 is 0. The van der Waals surface area contributed by atoms with Crippen LogP contribution >= 0.6 is 0 Å². The number of carbonyl (C=O) groups is 3. The number of hydrogen-bond acceptors (Lipinski definition) is 7. The van der Waals surface area contributed by atoms with Gasteiger partial charge in [-0.05, 0) is 44.2 Å². The van der Waals surface area contributed by atoms with Crippen LogP contribution in [-0.4, -0.2) is 27.9 Å². The van der Waals surface area contributed by atoms with E-state index in [-0.39, 0.29) is 11.5 Å². The highest BCUT2D eigenvalue weighted by Gasteiger charge is 2.36. The number of esters is 1. The van der Waals surface area contributed by atoms with Gasteiger partial charge >= 0.3 is 5.97 Å². The van der Waals surface area contributed by atoms with Crippen LogP contribution in [0.4, 0.5) is 5.69 Å². The molecule has 2 heterocycles. The molecule has 0 fully saturated rings. The molecule has 0 saturated heterocycles. The van der Waals surface area contributed by atoms with Gasteiger partial charge in [-0.25, -0.2) is 9.69 Å². The van der Waals surface area contributed by atoms with Gasteiger partial charge in [0.2, 0.25) is 0 Å². The van der Waals surface area contributed by atoms with Crippen LogP contribution in [0.5, 0.6) is 0 Å². The molecule has 0 spiro atoms. The molecule has 0 N–H and O–H groups in total. The van der Waals surface area contributed by atoms with Crippen LogP contribution in [0.2, 0.25) is 0 Å². The van der Waals surface area contributed by atoms with Crippen molar-refractivity contribution >= 4 is 23.5 Å². The molecule has 1 aliphatic heterocycles. The van der Waals surface area contributed by atoms with E-state index in [9.17, 15) is 14.4 Å². The van der Waals surface area contributed by atoms with E-state index in [2.05, 4.69) is 10.1 Å². The zero-order chi connectivity index (χ0) is 19.8. The minimum absolute atomic E-state index is 0.183. The van der Waals surface area contributed by atoms with Crippen molar-refractivity contribution in [2.75, 3.05) is 4.90 Å². The third-order valence-corrected chi connectivity index (χ3v) is 4.31. The highest BCUT2D eigenvalue weighted by Crippen LogP contribution is 2.29. The lowest BCUT2D eigenvalue weighted by atomic mass is 10.1. The summed E-state index contributed by atoms with van der Waals surface area (Å²) in [7, 11) is 0. The number of hydrogen-bond donors (Lipinski definition) is 0. The van der Waals surface area contributed by atoms with E-state index in [4.69, 9.17) is 9.26 Å². The van der Waals surface area contributed by atoms with Crippen molar-refractivity contribution < 1.29 is 23.6 Å². The first-order valence-electron chi connectivity index (χ1n) is 8.55. The SMILES string of the molecule is Cc1noc([C@@H](C)OC(=O)c2cccc(N3C(=O)c4ccccc4C3=O)c2)n1. The van der Waals surface area contributed by atoms with E-state index in [0.29, 0.717) is 22.6 Å². The van der Waals surface area contributed by atoms with Crippen molar-refractivity contribution in [3.05, 3.63) is 76.9 Å². The second kappa shape index (κ2) is 6.73. The van der Waals surface area contributed by atoms with Gasteiger partial charge in [-0.1, -0.05) is 23.4 Å². The number of aromatic nitrogens is 2. The number of amides is 2. The van der Waals surface area contributed by atoms with E-state index in [1.54, 1.807) is 50.2 Å². The van der Waals surface area contributed by atoms with Crippen molar-refractivity contribution in [2.45, 2.75) is 20.0 Å². The Kier molecular flexibility index (Phi) is 4.23. The molecule has 3 aromatic rings. The molecule has 140 valence electrons. The molecule has 28 heavy (non-hydrogen) atoms. The molecule has 2 aromatic carbocycles. The molecule has 1 aliphatic rings. The highest BCUT2D eigenvalue weighted by molar-refractivity contribution is 6.34. The molecule has 4 rings (SSSR count). The summed E-state index contributed by atoms with van der Waals surface area (Å²) in [5.41, 5.74) is 1.15. The first-order valence-corrected chi connectivity index (χ1v) is 8.55. The van der Waals surface area contributed by atoms with Gasteiger partial charge in [0, 0.05) is 0 Å². The Morgan fingerprint density at radius 3 is 2.36 bits per heavy atom. The first kappa shape index (κ1) is 17.6. The molecule has 0 unspecified atom stereocenters. The monoisotopic (exact) mass is 377 g/mol. The Morgan fingerprint density at radius 1 is 1.07 bits per heavy atom. The van der Waals surface area contributed by atoms with E-state index < -0.39 is 23.9 Å². The summed E-state index contributed by atoms with van der Waals surface area (Å²) in [6, 6.07) is 12.7. The Balaban J connectivity index is 1.58. The summed E-state index contributed by atoms with van der Waals surface area (Å²) in [5.74, 6) is -0.878. The molecule has 0 bridgehead atoms. The van der Waals surface area contributed by atoms with Gasteiger partial charge in [0.15, 0.2) is 11.9 Å². The van der Waals surface area contributed by atoms with Gasteiger partial charge in [0.1, 0.15) is 0 Å². The van der Waals surface area contributed by atoms with Gasteiger partial charge in [-0.15, -0.1) is 0 Å². The molecule has 8 heteroatoms. The molecule has 1 aromatic heterocycles. The Labute approximate surface area is 159 Å². The Morgan fingerprint density at radius 2 is 1.75 bits per heavy atom. The number of anilines is 1. The predicted molar refractivity (Wildman–Crippen MR) is 96.9 cm³/mol. The number of aryl methyl sites for hydroxylation is 1. The predicted octanol–water partition coefficient (Wildman–Crippen LogP) is 3.10. The molecule has 0 saturated carbocycles. The maximum absolute atomic E-state index is 12.6. The largest absolute Gasteiger partial charge is 0.449 e. The van der Waals surface area contributed by atoms with Crippen molar-refractivity contribution in [1.29, 1.82) is 0 Å². The average molecular weight is 377 g/mol. The average Bonchev–Trinajstić information content (AvgIpc) is 3.24. The lowest BCUT2D eigenvalue weighted by Gasteiger charge is -2.15. The Bertz CT molecular complexity index is 1070. The number of rotatable bonds is 4. The van der Waals surface area contributed by atoms with Gasteiger partial charge in [0.25, 0.3) is 17.7 Å². The number of carbonyl (C=O) groups excluding carboxylic acids is 3. The van der Waals surface area contributed by atoms with Gasteiger partial charge in [0.05, 0.1) is 22.4 Å². The van der Waals surface area contributed by atoms with Crippen molar-refractivity contribution in [2.24, 2.45) is 0 Å². The van der Waals surface area contributed by atoms with Gasteiger partial charge in [-0.3, -0.25) is 9.59 Å². The maximum Gasteiger partial charge on any atom is 0.338 e. The summed E-state index contributed by atoms with van der Waals surface area (Å²) in [6.07, 6.45) is -0.739. The lowest BCUT2D eigenvalue weighted by molar-refractivity contribution is 0.0265. The van der Waals surface area contributed by atoms with Crippen LogP contribution in [0, 0.1) is 6.92 Å². The molecule has 1 atom stereocenters. The molecule has 8 nitrogen and oxygen atoms in total. The van der Waals surface area contributed by atoms with Crippen molar-refractivity contribution in [3.8, 4) is 0 Å². The fourth-order valence-electron chi connectivity index (χ4n) is 2.95. The molecular formula is C20H15N3O5. The fourth-order valence-corrected chi connectivity index (χ4v) is 2.95. The summed E-state index contributed by atoms with van der Waals surface area (Å²) in [6.45, 7) is 3.27. The quantitative estimate of drug-likeness (QED) is 0.508. The Hall–Kier alpha value is -3.81. The van der Waals surface area contributed by atoms with Crippen LogP contribution in [-0.2, 0) is 4.74 Å². The minimum Gasteiger partial charge on any atom is -0.449 e. The fraction of sp³-hybridized carbons (Fsp3) is 0.150. The number of imide groups is 1. The number of ether oxygens (including phenoxy) is 1. The lowest BCUT2D eigenvalue weighted by Crippen LogP contribution is -2.29. The zero-order valence-corrected chi connectivity index (χ0v) is 15.1. The number of fused-ring (bicyclic) bond motifs is 1. The molecule has 0 aliphatic carbocycles. The van der Waals surface area contributed by atoms with Crippen LogP contribution in [0.1, 0.15) is 55.8 Å². The third-order valence-electron chi connectivity index (χ3n) is 4.31.